The summed E-state index contributed by atoms with van der Waals surface area (Å²) in [4.78, 5) is 0. The molecule has 0 amide bonds. The lowest BCUT2D eigenvalue weighted by Gasteiger charge is -2.40. The van der Waals surface area contributed by atoms with Crippen LogP contribution >= 0.6 is 0 Å². The fourth-order valence-electron chi connectivity index (χ4n) is 1.96. The van der Waals surface area contributed by atoms with Crippen LogP contribution in [0.5, 0.6) is 0 Å². The van der Waals surface area contributed by atoms with Gasteiger partial charge in [-0.3, -0.25) is 0 Å². The molecule has 0 aromatic heterocycles. The third kappa shape index (κ3) is 7.01. The van der Waals surface area contributed by atoms with Crippen LogP contribution in [0.25, 0.3) is 0 Å². The Morgan fingerprint density at radius 2 is 1.62 bits per heavy atom. The maximum atomic E-state index is 9.88. The van der Waals surface area contributed by atoms with Crippen LogP contribution < -0.4 is 0 Å². The molecule has 0 bridgehead atoms. The van der Waals surface area contributed by atoms with Crippen molar-refractivity contribution in [3.8, 4) is 35.5 Å². The van der Waals surface area contributed by atoms with Crippen molar-refractivity contribution in [3.05, 3.63) is 24.3 Å². The fraction of sp³-hybridized carbons (Fsp3) is 0.474. The molecule has 0 aromatic carbocycles. The number of hydrogen-bond donors (Lipinski definition) is 5. The van der Waals surface area contributed by atoms with E-state index in [4.69, 9.17) is 14.6 Å². The standard InChI is InChI=1S/C19H22O7/c1-2-3-4-5-6-7-8-9-10-11-14(12-20)25-19-18(24)17(23)16(22)15(13-21)26-19/h2-3,10-11,14-24H,12-13H2,1H3/b3-2-,11-10+/t14-,15-,16-,17+,18-,19-/m1/s1. The summed E-state index contributed by atoms with van der Waals surface area (Å²) in [5.74, 6) is 15.5. The Labute approximate surface area is 152 Å². The van der Waals surface area contributed by atoms with E-state index in [1.165, 1.54) is 12.2 Å². The third-order valence-corrected chi connectivity index (χ3v) is 3.31. The molecule has 0 radical (unpaired) electrons. The molecule has 5 N–H and O–H groups in total. The van der Waals surface area contributed by atoms with Gasteiger partial charge in [0.15, 0.2) is 6.29 Å². The van der Waals surface area contributed by atoms with E-state index in [9.17, 15) is 20.4 Å². The van der Waals surface area contributed by atoms with Crippen LogP contribution in [0, 0.1) is 35.5 Å². The molecular weight excluding hydrogens is 340 g/mol. The summed E-state index contributed by atoms with van der Waals surface area (Å²) >= 11 is 0. The van der Waals surface area contributed by atoms with Gasteiger partial charge in [-0.15, -0.1) is 0 Å². The minimum absolute atomic E-state index is 0.437. The van der Waals surface area contributed by atoms with Gasteiger partial charge in [0, 0.05) is 0 Å². The van der Waals surface area contributed by atoms with Crippen LogP contribution in [-0.4, -0.2) is 75.6 Å². The highest BCUT2D eigenvalue weighted by molar-refractivity contribution is 5.39. The molecule has 0 aliphatic carbocycles. The highest BCUT2D eigenvalue weighted by atomic mass is 16.7. The summed E-state index contributed by atoms with van der Waals surface area (Å²) in [6, 6.07) is 0. The molecule has 0 unspecified atom stereocenters. The lowest BCUT2D eigenvalue weighted by Crippen LogP contribution is -2.59. The largest absolute Gasteiger partial charge is 0.394 e. The van der Waals surface area contributed by atoms with Gasteiger partial charge in [-0.05, 0) is 48.8 Å². The first-order chi connectivity index (χ1) is 12.5. The average Bonchev–Trinajstić information content (AvgIpc) is 2.65. The van der Waals surface area contributed by atoms with E-state index < -0.39 is 50.0 Å². The monoisotopic (exact) mass is 362 g/mol. The van der Waals surface area contributed by atoms with Gasteiger partial charge in [0.05, 0.1) is 13.2 Å². The summed E-state index contributed by atoms with van der Waals surface area (Å²) in [6.07, 6.45) is -1.59. The van der Waals surface area contributed by atoms with Gasteiger partial charge in [-0.25, -0.2) is 0 Å². The Morgan fingerprint density at radius 3 is 2.19 bits per heavy atom. The molecule has 1 heterocycles. The van der Waals surface area contributed by atoms with E-state index >= 15 is 0 Å². The van der Waals surface area contributed by atoms with Crippen LogP contribution in [0.15, 0.2) is 24.3 Å². The average molecular weight is 362 g/mol. The fourth-order valence-corrected chi connectivity index (χ4v) is 1.96. The van der Waals surface area contributed by atoms with E-state index in [-0.39, 0.29) is 0 Å². The predicted octanol–water partition coefficient (Wildman–Crippen LogP) is -1.69. The normalized spacial score (nSPS) is 29.2. The third-order valence-electron chi connectivity index (χ3n) is 3.31. The van der Waals surface area contributed by atoms with Crippen LogP contribution in [0.2, 0.25) is 0 Å². The lowest BCUT2D eigenvalue weighted by atomic mass is 9.99. The molecule has 0 aromatic rings. The van der Waals surface area contributed by atoms with Gasteiger partial charge in [-0.2, -0.15) is 0 Å². The first kappa shape index (κ1) is 21.9. The highest BCUT2D eigenvalue weighted by Crippen LogP contribution is 2.23. The van der Waals surface area contributed by atoms with Gasteiger partial charge in [0.2, 0.25) is 0 Å². The van der Waals surface area contributed by atoms with Gasteiger partial charge < -0.3 is 35.0 Å². The van der Waals surface area contributed by atoms with Crippen molar-refractivity contribution >= 4 is 0 Å². The molecule has 7 nitrogen and oxygen atoms in total. The predicted molar refractivity (Wildman–Crippen MR) is 93.0 cm³/mol. The zero-order valence-electron chi connectivity index (χ0n) is 14.2. The Kier molecular flexibility index (Phi) is 10.3. The van der Waals surface area contributed by atoms with Crippen molar-refractivity contribution in [2.45, 2.75) is 43.7 Å². The minimum atomic E-state index is -1.55. The maximum Gasteiger partial charge on any atom is 0.187 e. The van der Waals surface area contributed by atoms with E-state index in [0.717, 1.165) is 0 Å². The molecule has 0 saturated carbocycles. The number of ether oxygens (including phenoxy) is 2. The molecule has 6 atom stereocenters. The van der Waals surface area contributed by atoms with Crippen molar-refractivity contribution in [1.82, 2.24) is 0 Å². The summed E-state index contributed by atoms with van der Waals surface area (Å²) < 4.78 is 10.5. The van der Waals surface area contributed by atoms with Crippen molar-refractivity contribution in [3.63, 3.8) is 0 Å². The van der Waals surface area contributed by atoms with Crippen LogP contribution in [-0.2, 0) is 9.47 Å². The number of hydrogen-bond acceptors (Lipinski definition) is 7. The topological polar surface area (TPSA) is 120 Å². The molecule has 140 valence electrons. The SMILES string of the molecule is C/C=C\C#CC#CC#C/C=C/[C@H](CO)O[C@@H]1O[C@H](CO)[C@@H](O)[C@H](O)[C@H]1O. The molecule has 7 heteroatoms. The van der Waals surface area contributed by atoms with E-state index in [1.807, 2.05) is 6.92 Å². The van der Waals surface area contributed by atoms with Crippen molar-refractivity contribution in [2.75, 3.05) is 13.2 Å². The smallest absolute Gasteiger partial charge is 0.187 e. The summed E-state index contributed by atoms with van der Waals surface area (Å²) in [7, 11) is 0. The minimum Gasteiger partial charge on any atom is -0.394 e. The molecule has 1 aliphatic heterocycles. The van der Waals surface area contributed by atoms with Crippen LogP contribution in [0.4, 0.5) is 0 Å². The van der Waals surface area contributed by atoms with Gasteiger partial charge in [-0.1, -0.05) is 17.9 Å². The number of aliphatic hydroxyl groups is 5. The number of allylic oxidation sites excluding steroid dienone is 3. The zero-order valence-corrected chi connectivity index (χ0v) is 14.2. The maximum absolute atomic E-state index is 9.88. The van der Waals surface area contributed by atoms with Crippen molar-refractivity contribution in [2.24, 2.45) is 0 Å². The molecule has 1 saturated heterocycles. The lowest BCUT2D eigenvalue weighted by molar-refractivity contribution is -0.309. The van der Waals surface area contributed by atoms with Crippen molar-refractivity contribution < 1.29 is 35.0 Å². The summed E-state index contributed by atoms with van der Waals surface area (Å²) in [5, 5.41) is 47.7. The van der Waals surface area contributed by atoms with Crippen molar-refractivity contribution in [1.29, 1.82) is 0 Å². The molecule has 26 heavy (non-hydrogen) atoms. The molecule has 1 rings (SSSR count). The van der Waals surface area contributed by atoms with E-state index in [2.05, 4.69) is 35.5 Å². The van der Waals surface area contributed by atoms with Gasteiger partial charge >= 0.3 is 0 Å². The summed E-state index contributed by atoms with van der Waals surface area (Å²) in [5.41, 5.74) is 0. The van der Waals surface area contributed by atoms with Crippen LogP contribution in [0.3, 0.4) is 0 Å². The Balaban J connectivity index is 2.63. The van der Waals surface area contributed by atoms with E-state index in [0.29, 0.717) is 0 Å². The number of rotatable bonds is 5. The van der Waals surface area contributed by atoms with Gasteiger partial charge in [0.1, 0.15) is 30.5 Å². The first-order valence-electron chi connectivity index (χ1n) is 7.90. The molecular formula is C19H22O7. The van der Waals surface area contributed by atoms with Gasteiger partial charge in [0.25, 0.3) is 0 Å². The second-order valence-electron chi connectivity index (χ2n) is 5.20. The molecule has 1 aliphatic rings. The Bertz CT molecular complexity index is 663. The molecule has 1 fully saturated rings. The zero-order chi connectivity index (χ0) is 19.4. The second-order valence-corrected chi connectivity index (χ2v) is 5.20. The quantitative estimate of drug-likeness (QED) is 0.370. The Hall–Kier alpha value is -2.12. The number of aliphatic hydroxyl groups excluding tert-OH is 5. The van der Waals surface area contributed by atoms with E-state index in [1.54, 1.807) is 12.2 Å². The summed E-state index contributed by atoms with van der Waals surface area (Å²) in [6.45, 7) is 0.843. The van der Waals surface area contributed by atoms with Crippen LogP contribution in [0.1, 0.15) is 6.92 Å². The Morgan fingerprint density at radius 1 is 0.962 bits per heavy atom. The highest BCUT2D eigenvalue weighted by Gasteiger charge is 2.44. The first-order valence-corrected chi connectivity index (χ1v) is 7.90. The molecule has 0 spiro atoms. The second kappa shape index (κ2) is 12.3.